The minimum atomic E-state index is -3.26. The van der Waals surface area contributed by atoms with E-state index in [0.29, 0.717) is 17.7 Å². The van der Waals surface area contributed by atoms with Crippen molar-refractivity contribution >= 4 is 21.6 Å². The zero-order valence-electron chi connectivity index (χ0n) is 8.54. The van der Waals surface area contributed by atoms with Gasteiger partial charge in [0.1, 0.15) is 0 Å². The Morgan fingerprint density at radius 3 is 2.36 bits per heavy atom. The van der Waals surface area contributed by atoms with Crippen molar-refractivity contribution in [1.82, 2.24) is 4.31 Å². The quantitative estimate of drug-likeness (QED) is 0.735. The largest absolute Gasteiger partial charge is 0.238 e. The zero-order chi connectivity index (χ0) is 10.9. The van der Waals surface area contributed by atoms with Gasteiger partial charge < -0.3 is 0 Å². The van der Waals surface area contributed by atoms with Crippen LogP contribution >= 0.6 is 11.6 Å². The molecule has 0 fully saturated rings. The molecule has 14 heavy (non-hydrogen) atoms. The highest BCUT2D eigenvalue weighted by Gasteiger charge is 2.24. The lowest BCUT2D eigenvalue weighted by Gasteiger charge is -2.19. The molecular weight excluding hydrogens is 222 g/mol. The Bertz CT molecular complexity index is 393. The molecule has 1 aliphatic rings. The molecule has 0 saturated carbocycles. The number of allylic oxidation sites excluding steroid dienone is 4. The van der Waals surface area contributed by atoms with E-state index in [1.54, 1.807) is 13.0 Å². The average Bonchev–Trinajstić information content (AvgIpc) is 2.02. The van der Waals surface area contributed by atoms with Gasteiger partial charge >= 0.3 is 0 Å². The smallest absolute Gasteiger partial charge is 0.207 e. The summed E-state index contributed by atoms with van der Waals surface area (Å²) in [5, 5.41) is 0.722. The second-order valence-corrected chi connectivity index (χ2v) is 6.14. The second kappa shape index (κ2) is 4.04. The maximum Gasteiger partial charge on any atom is 0.238 e. The molecule has 80 valence electrons. The highest BCUT2D eigenvalue weighted by atomic mass is 35.5. The van der Waals surface area contributed by atoms with Gasteiger partial charge in [-0.3, -0.25) is 0 Å². The fraction of sp³-hybridized carbons (Fsp3) is 0.556. The Morgan fingerprint density at radius 1 is 1.36 bits per heavy atom. The molecule has 0 aromatic rings. The van der Waals surface area contributed by atoms with Crippen LogP contribution in [-0.4, -0.2) is 26.8 Å². The summed E-state index contributed by atoms with van der Waals surface area (Å²) in [6.45, 7) is 1.78. The second-order valence-electron chi connectivity index (χ2n) is 3.48. The van der Waals surface area contributed by atoms with Gasteiger partial charge in [-0.25, -0.2) is 12.7 Å². The molecule has 3 nitrogen and oxygen atoms in total. The SMILES string of the molecule is CC1=C(S(=O)(=O)N(C)C)CCC(Cl)=C1. The standard InChI is InChI=1S/C9H14ClNO2S/c1-7-6-8(10)4-5-9(7)14(12,13)11(2)3/h6H,4-5H2,1-3H3. The van der Waals surface area contributed by atoms with E-state index in [2.05, 4.69) is 0 Å². The highest BCUT2D eigenvalue weighted by Crippen LogP contribution is 2.30. The lowest BCUT2D eigenvalue weighted by molar-refractivity contribution is 0.525. The molecule has 0 amide bonds. The summed E-state index contributed by atoms with van der Waals surface area (Å²) in [4.78, 5) is 0.479. The van der Waals surface area contributed by atoms with Gasteiger partial charge in [-0.1, -0.05) is 11.6 Å². The van der Waals surface area contributed by atoms with Crippen LogP contribution in [0.25, 0.3) is 0 Å². The summed E-state index contributed by atoms with van der Waals surface area (Å²) in [6, 6.07) is 0. The first kappa shape index (κ1) is 11.8. The first-order chi connectivity index (χ1) is 6.35. The normalized spacial score (nSPS) is 18.8. The number of hydrogen-bond acceptors (Lipinski definition) is 2. The first-order valence-electron chi connectivity index (χ1n) is 4.34. The monoisotopic (exact) mass is 235 g/mol. The van der Waals surface area contributed by atoms with E-state index >= 15 is 0 Å². The van der Waals surface area contributed by atoms with Crippen LogP contribution in [0.3, 0.4) is 0 Å². The van der Waals surface area contributed by atoms with Crippen LogP contribution in [-0.2, 0) is 10.0 Å². The fourth-order valence-electron chi connectivity index (χ4n) is 1.37. The van der Waals surface area contributed by atoms with Crippen molar-refractivity contribution in [3.8, 4) is 0 Å². The van der Waals surface area contributed by atoms with E-state index in [9.17, 15) is 8.42 Å². The third-order valence-corrected chi connectivity index (χ3v) is 4.60. The van der Waals surface area contributed by atoms with E-state index in [1.807, 2.05) is 0 Å². The van der Waals surface area contributed by atoms with Crippen molar-refractivity contribution in [1.29, 1.82) is 0 Å². The van der Waals surface area contributed by atoms with Crippen LogP contribution < -0.4 is 0 Å². The van der Waals surface area contributed by atoms with E-state index in [1.165, 1.54) is 18.4 Å². The molecule has 0 bridgehead atoms. The minimum Gasteiger partial charge on any atom is -0.207 e. The lowest BCUT2D eigenvalue weighted by atomic mass is 10.1. The van der Waals surface area contributed by atoms with Crippen LogP contribution in [0, 0.1) is 0 Å². The van der Waals surface area contributed by atoms with Crippen LogP contribution in [0.5, 0.6) is 0 Å². The van der Waals surface area contributed by atoms with E-state index in [4.69, 9.17) is 11.6 Å². The van der Waals surface area contributed by atoms with Gasteiger partial charge in [0.25, 0.3) is 0 Å². The Morgan fingerprint density at radius 2 is 1.93 bits per heavy atom. The molecule has 0 spiro atoms. The predicted octanol–water partition coefficient (Wildman–Crippen LogP) is 2.07. The Hall–Kier alpha value is -0.320. The van der Waals surface area contributed by atoms with Gasteiger partial charge in [-0.2, -0.15) is 0 Å². The maximum absolute atomic E-state index is 11.8. The molecule has 0 radical (unpaired) electrons. The van der Waals surface area contributed by atoms with Gasteiger partial charge in [-0.15, -0.1) is 0 Å². The predicted molar refractivity (Wildman–Crippen MR) is 58.5 cm³/mol. The van der Waals surface area contributed by atoms with Crippen LogP contribution in [0.15, 0.2) is 21.6 Å². The minimum absolute atomic E-state index is 0.479. The van der Waals surface area contributed by atoms with Gasteiger partial charge in [0.05, 0.1) is 4.91 Å². The number of hydrogen-bond donors (Lipinski definition) is 0. The average molecular weight is 236 g/mol. The fourth-order valence-corrected chi connectivity index (χ4v) is 2.90. The first-order valence-corrected chi connectivity index (χ1v) is 6.16. The Balaban J connectivity index is 3.18. The third kappa shape index (κ3) is 2.19. The number of halogens is 1. The summed E-state index contributed by atoms with van der Waals surface area (Å²) >= 11 is 5.82. The molecule has 1 rings (SSSR count). The van der Waals surface area contributed by atoms with Crippen molar-refractivity contribution in [3.05, 3.63) is 21.6 Å². The third-order valence-electron chi connectivity index (χ3n) is 2.20. The highest BCUT2D eigenvalue weighted by molar-refractivity contribution is 7.93. The molecule has 0 aromatic carbocycles. The van der Waals surface area contributed by atoms with Crippen molar-refractivity contribution < 1.29 is 8.42 Å². The molecule has 1 aliphatic carbocycles. The molecule has 0 aromatic heterocycles. The molecule has 0 atom stereocenters. The summed E-state index contributed by atoms with van der Waals surface area (Å²) in [7, 11) is -0.188. The molecule has 0 N–H and O–H groups in total. The molecule has 0 aliphatic heterocycles. The summed E-state index contributed by atoms with van der Waals surface area (Å²) in [5.41, 5.74) is 0.745. The van der Waals surface area contributed by atoms with Crippen molar-refractivity contribution in [2.24, 2.45) is 0 Å². The molecule has 0 heterocycles. The van der Waals surface area contributed by atoms with Gasteiger partial charge in [-0.05, 0) is 31.4 Å². The zero-order valence-corrected chi connectivity index (χ0v) is 10.1. The lowest BCUT2D eigenvalue weighted by Crippen LogP contribution is -2.25. The molecule has 0 unspecified atom stereocenters. The number of sulfonamides is 1. The molecule has 5 heteroatoms. The van der Waals surface area contributed by atoms with Crippen molar-refractivity contribution in [3.63, 3.8) is 0 Å². The van der Waals surface area contributed by atoms with Gasteiger partial charge in [0, 0.05) is 19.1 Å². The Labute approximate surface area is 90.1 Å². The van der Waals surface area contributed by atoms with E-state index in [-0.39, 0.29) is 0 Å². The van der Waals surface area contributed by atoms with Crippen molar-refractivity contribution in [2.45, 2.75) is 19.8 Å². The molecular formula is C9H14ClNO2S. The van der Waals surface area contributed by atoms with Gasteiger partial charge in [0.15, 0.2) is 0 Å². The number of nitrogens with zero attached hydrogens (tertiary/aromatic N) is 1. The van der Waals surface area contributed by atoms with Crippen LogP contribution in [0.4, 0.5) is 0 Å². The number of rotatable bonds is 2. The van der Waals surface area contributed by atoms with E-state index in [0.717, 1.165) is 10.6 Å². The van der Waals surface area contributed by atoms with Crippen molar-refractivity contribution in [2.75, 3.05) is 14.1 Å². The molecule has 0 saturated heterocycles. The van der Waals surface area contributed by atoms with E-state index < -0.39 is 10.0 Å². The summed E-state index contributed by atoms with van der Waals surface area (Å²) < 4.78 is 24.8. The summed E-state index contributed by atoms with van der Waals surface area (Å²) in [6.07, 6.45) is 2.84. The summed E-state index contributed by atoms with van der Waals surface area (Å²) in [5.74, 6) is 0. The van der Waals surface area contributed by atoms with Gasteiger partial charge in [0.2, 0.25) is 10.0 Å². The van der Waals surface area contributed by atoms with Crippen LogP contribution in [0.2, 0.25) is 0 Å². The maximum atomic E-state index is 11.8. The Kier molecular flexibility index (Phi) is 3.40. The topological polar surface area (TPSA) is 37.4 Å². The van der Waals surface area contributed by atoms with Crippen LogP contribution in [0.1, 0.15) is 19.8 Å².